The quantitative estimate of drug-likeness (QED) is 0.295. The molecule has 0 aliphatic heterocycles. The van der Waals surface area contributed by atoms with Crippen molar-refractivity contribution in [2.75, 3.05) is 0 Å². The van der Waals surface area contributed by atoms with Gasteiger partial charge >= 0.3 is 28.5 Å². The van der Waals surface area contributed by atoms with Crippen LogP contribution in [0.1, 0.15) is 8.35 Å². The predicted octanol–water partition coefficient (Wildman–Crippen LogP) is -2.29. The van der Waals surface area contributed by atoms with Crippen molar-refractivity contribution in [1.29, 1.82) is 0 Å². The van der Waals surface area contributed by atoms with E-state index in [9.17, 15) is 0 Å². The molecule has 0 radical (unpaired) electrons. The predicted molar refractivity (Wildman–Crippen MR) is 17.3 cm³/mol. The van der Waals surface area contributed by atoms with Crippen molar-refractivity contribution < 1.29 is 13.8 Å². The molecular formula is C2H6AlCl. The maximum Gasteiger partial charge on any atom is -1.00 e. The Bertz CT molecular complexity index is 9.61. The second-order valence-electron chi connectivity index (χ2n) is 0.408. The minimum atomic E-state index is 0. The normalized spacial score (nSPS) is 4.75. The van der Waals surface area contributed by atoms with Crippen molar-refractivity contribution >= 4 is 16.3 Å². The van der Waals surface area contributed by atoms with Crippen LogP contribution in [-0.2, 0) is 0 Å². The minimum Gasteiger partial charge on any atom is -1.00 e. The molecule has 0 N–H and O–H groups in total. The topological polar surface area (TPSA) is 0 Å². The number of hydrogen-bond acceptors (Lipinski definition) is 0. The summed E-state index contributed by atoms with van der Waals surface area (Å²) < 4.78 is 0. The smallest absolute Gasteiger partial charge is 1.00 e. The van der Waals surface area contributed by atoms with E-state index in [0.29, 0.717) is 0 Å². The molecule has 0 saturated heterocycles. The van der Waals surface area contributed by atoms with Crippen molar-refractivity contribution in [1.82, 2.24) is 0 Å². The molecule has 0 aromatic heterocycles. The van der Waals surface area contributed by atoms with E-state index in [1.807, 2.05) is 0 Å². The maximum atomic E-state index is 2.58. The molecule has 0 saturated carbocycles. The monoisotopic (exact) mass is 92.0 g/mol. The van der Waals surface area contributed by atoms with Crippen molar-refractivity contribution in [2.45, 2.75) is 12.2 Å². The Morgan fingerprint density at radius 1 is 2.00 bits per heavy atom. The zero-order chi connectivity index (χ0) is 2.71. The summed E-state index contributed by atoms with van der Waals surface area (Å²) in [6, 6.07) is 0. The Hall–Kier alpha value is 0.822. The van der Waals surface area contributed by atoms with Gasteiger partial charge in [0, 0.05) is 0 Å². The van der Waals surface area contributed by atoms with Crippen LogP contribution in [0.15, 0.2) is 0 Å². The Labute approximate surface area is 42.9 Å². The molecule has 0 fully saturated rings. The molecule has 0 atom stereocenters. The van der Waals surface area contributed by atoms with Crippen molar-refractivity contribution in [3.05, 3.63) is 0 Å². The molecule has 0 aromatic rings. The van der Waals surface area contributed by atoms with E-state index in [-0.39, 0.29) is 13.8 Å². The summed E-state index contributed by atoms with van der Waals surface area (Å²) in [5.74, 6) is 0. The molecule has 0 amide bonds. The second kappa shape index (κ2) is 9.17. The molecule has 0 nitrogen and oxygen atoms in total. The number of hydrogen-bond donors (Lipinski definition) is 0. The van der Waals surface area contributed by atoms with Crippen molar-refractivity contribution in [3.8, 4) is 0 Å². The van der Waals surface area contributed by atoms with Crippen LogP contribution in [0.25, 0.3) is 0 Å². The van der Waals surface area contributed by atoms with Crippen LogP contribution in [-0.4, -0.2) is 16.3 Å². The second-order valence-corrected chi connectivity index (χ2v) is 1.22. The molecule has 4 heavy (non-hydrogen) atoms. The van der Waals surface area contributed by atoms with Crippen LogP contribution in [0, 0.1) is 0 Å². The summed E-state index contributed by atoms with van der Waals surface area (Å²) >= 11 is 2.58. The van der Waals surface area contributed by atoms with Gasteiger partial charge in [0.15, 0.2) is 0 Å². The van der Waals surface area contributed by atoms with Gasteiger partial charge in [0.05, 0.1) is 0 Å². The van der Waals surface area contributed by atoms with Crippen LogP contribution in [0.3, 0.4) is 0 Å². The molecule has 0 unspecified atom stereocenters. The summed E-state index contributed by atoms with van der Waals surface area (Å²) in [6.45, 7) is 2.09. The Balaban J connectivity index is -0.0000000200. The van der Waals surface area contributed by atoms with E-state index in [0.717, 1.165) is 0 Å². The molecule has 0 spiro atoms. The van der Waals surface area contributed by atoms with Gasteiger partial charge in [0.2, 0.25) is 0 Å². The maximum absolute atomic E-state index is 2.58. The summed E-state index contributed by atoms with van der Waals surface area (Å²) in [7, 11) is 0. The third kappa shape index (κ3) is 13.9. The average Bonchev–Trinajstić information content (AvgIpc) is 0.918. The van der Waals surface area contributed by atoms with Crippen LogP contribution < -0.4 is 12.4 Å². The van der Waals surface area contributed by atoms with E-state index in [4.69, 9.17) is 0 Å². The fraction of sp³-hybridized carbons (Fsp3) is 1.00. The first-order valence-electron chi connectivity index (χ1n) is 1.12. The molecule has 0 bridgehead atoms. The zero-order valence-corrected chi connectivity index (χ0v) is 4.57. The van der Waals surface area contributed by atoms with E-state index in [1.54, 1.807) is 0 Å². The molecular weight excluding hydrogens is 86.5 g/mol. The third-order valence-corrected chi connectivity index (χ3v) is 0. The molecule has 0 aromatic carbocycles. The van der Waals surface area contributed by atoms with E-state index < -0.39 is 0 Å². The number of halogens is 1. The molecule has 0 rings (SSSR count). The largest absolute Gasteiger partial charge is 1.00 e. The van der Waals surface area contributed by atoms with Gasteiger partial charge in [-0.3, -0.25) is 0 Å². The average molecular weight is 92.5 g/mol. The summed E-state index contributed by atoms with van der Waals surface area (Å²) in [5, 5.41) is 1.17. The van der Waals surface area contributed by atoms with Crippen LogP contribution in [0.2, 0.25) is 5.28 Å². The fourth-order valence-electron chi connectivity index (χ4n) is 0. The SMILES string of the molecule is C[CH2][Al+2].[Cl-].[H-]. The Morgan fingerprint density at radius 2 is 2.00 bits per heavy atom. The molecule has 2 heteroatoms. The van der Waals surface area contributed by atoms with Crippen molar-refractivity contribution in [2.24, 2.45) is 0 Å². The van der Waals surface area contributed by atoms with Crippen LogP contribution in [0.5, 0.6) is 0 Å². The van der Waals surface area contributed by atoms with Gasteiger partial charge in [0.1, 0.15) is 0 Å². The summed E-state index contributed by atoms with van der Waals surface area (Å²) in [6.07, 6.45) is 0. The first kappa shape index (κ1) is 8.85. The Morgan fingerprint density at radius 3 is 2.00 bits per heavy atom. The summed E-state index contributed by atoms with van der Waals surface area (Å²) in [4.78, 5) is 0. The summed E-state index contributed by atoms with van der Waals surface area (Å²) in [5.41, 5.74) is 0. The minimum absolute atomic E-state index is 0. The van der Waals surface area contributed by atoms with E-state index in [1.165, 1.54) is 5.28 Å². The molecule has 0 aliphatic carbocycles. The van der Waals surface area contributed by atoms with Gasteiger partial charge in [0.25, 0.3) is 0 Å². The fourth-order valence-corrected chi connectivity index (χ4v) is 0. The van der Waals surface area contributed by atoms with Crippen molar-refractivity contribution in [3.63, 3.8) is 0 Å². The van der Waals surface area contributed by atoms with Gasteiger partial charge in [-0.2, -0.15) is 0 Å². The van der Waals surface area contributed by atoms with Gasteiger partial charge in [-0.05, 0) is 0 Å². The zero-order valence-electron chi connectivity index (χ0n) is 3.66. The van der Waals surface area contributed by atoms with Gasteiger partial charge in [-0.1, -0.05) is 0 Å². The van der Waals surface area contributed by atoms with Gasteiger partial charge in [-0.15, -0.1) is 0 Å². The van der Waals surface area contributed by atoms with Gasteiger partial charge < -0.3 is 13.8 Å². The van der Waals surface area contributed by atoms with Crippen LogP contribution >= 0.6 is 0 Å². The molecule has 0 heterocycles. The Kier molecular flexibility index (Phi) is 20.3. The van der Waals surface area contributed by atoms with Crippen LogP contribution in [0.4, 0.5) is 0 Å². The first-order valence-corrected chi connectivity index (χ1v) is 1.93. The third-order valence-electron chi connectivity index (χ3n) is 0. The van der Waals surface area contributed by atoms with E-state index >= 15 is 0 Å². The number of rotatable bonds is 0. The first-order chi connectivity index (χ1) is 1.41. The van der Waals surface area contributed by atoms with E-state index in [2.05, 4.69) is 23.2 Å². The molecule has 24 valence electrons. The van der Waals surface area contributed by atoms with Gasteiger partial charge in [-0.25, -0.2) is 0 Å². The standard InChI is InChI=1S/C2H5.Al.ClH.H/c1-2;;;/h1H2,2H3;;1H;/q;+2;;-1/p-1. The molecule has 0 aliphatic rings.